The molecule has 1 aliphatic heterocycles. The monoisotopic (exact) mass is 340 g/mol. The average molecular weight is 340 g/mol. The molecular weight excluding hydrogens is 324 g/mol. The number of nitrogens with zero attached hydrogens (tertiary/aromatic N) is 3. The lowest BCUT2D eigenvalue weighted by atomic mass is 10.1. The maximum Gasteiger partial charge on any atom is 0.418 e. The predicted molar refractivity (Wildman–Crippen MR) is 80.9 cm³/mol. The quantitative estimate of drug-likeness (QED) is 0.869. The first-order valence-corrected chi connectivity index (χ1v) is 7.55. The lowest BCUT2D eigenvalue weighted by Gasteiger charge is -2.19. The number of alkyl halides is 3. The highest BCUT2D eigenvalue weighted by Crippen LogP contribution is 2.31. The van der Waals surface area contributed by atoms with Gasteiger partial charge in [-0.05, 0) is 30.7 Å². The van der Waals surface area contributed by atoms with Crippen LogP contribution < -0.4 is 10.2 Å². The molecule has 0 radical (unpaired) electrons. The summed E-state index contributed by atoms with van der Waals surface area (Å²) in [6, 6.07) is 5.10. The molecule has 2 aromatic rings. The topological polar surface area (TPSA) is 41.1 Å². The fourth-order valence-corrected chi connectivity index (χ4v) is 2.81. The molecule has 0 saturated carbocycles. The molecule has 0 spiro atoms. The van der Waals surface area contributed by atoms with Crippen LogP contribution in [0.25, 0.3) is 0 Å². The van der Waals surface area contributed by atoms with E-state index in [0.29, 0.717) is 19.5 Å². The van der Waals surface area contributed by atoms with E-state index in [1.54, 1.807) is 4.90 Å². The second-order valence-electron chi connectivity index (χ2n) is 5.62. The second kappa shape index (κ2) is 6.72. The van der Waals surface area contributed by atoms with E-state index in [9.17, 15) is 17.6 Å². The molecule has 0 bridgehead atoms. The number of hydrogen-bond donors (Lipinski definition) is 1. The summed E-state index contributed by atoms with van der Waals surface area (Å²) in [6.45, 7) is 1.10. The first-order chi connectivity index (χ1) is 11.4. The number of pyridine rings is 2. The molecule has 1 atom stereocenters. The molecule has 1 N–H and O–H groups in total. The highest BCUT2D eigenvalue weighted by Gasteiger charge is 2.34. The van der Waals surface area contributed by atoms with Gasteiger partial charge in [0.1, 0.15) is 0 Å². The van der Waals surface area contributed by atoms with Crippen molar-refractivity contribution in [1.82, 2.24) is 15.3 Å². The van der Waals surface area contributed by atoms with Crippen LogP contribution in [0.5, 0.6) is 0 Å². The smallest absolute Gasteiger partial charge is 0.353 e. The van der Waals surface area contributed by atoms with Crippen molar-refractivity contribution < 1.29 is 17.6 Å². The fourth-order valence-electron chi connectivity index (χ4n) is 2.81. The maximum atomic E-state index is 13.7. The number of halogens is 4. The molecule has 3 rings (SSSR count). The molecule has 1 saturated heterocycles. The van der Waals surface area contributed by atoms with Crippen LogP contribution in [0.2, 0.25) is 0 Å². The standard InChI is InChI=1S/C16H16F4N4/c17-13-4-2-7-22-15(13)24-8-5-11(10-24)23-9-14-12(16(18,19)20)3-1-6-21-14/h1-4,6-7,11,23H,5,8-10H2. The summed E-state index contributed by atoms with van der Waals surface area (Å²) in [4.78, 5) is 9.64. The zero-order valence-electron chi connectivity index (χ0n) is 12.7. The van der Waals surface area contributed by atoms with Crippen LogP contribution in [0.3, 0.4) is 0 Å². The van der Waals surface area contributed by atoms with Gasteiger partial charge in [-0.25, -0.2) is 9.37 Å². The van der Waals surface area contributed by atoms with Crippen LogP contribution >= 0.6 is 0 Å². The summed E-state index contributed by atoms with van der Waals surface area (Å²) in [5.41, 5.74) is -0.768. The van der Waals surface area contributed by atoms with Crippen molar-refractivity contribution in [2.24, 2.45) is 0 Å². The highest BCUT2D eigenvalue weighted by molar-refractivity contribution is 5.41. The predicted octanol–water partition coefficient (Wildman–Crippen LogP) is 3.00. The van der Waals surface area contributed by atoms with Crippen molar-refractivity contribution in [2.75, 3.05) is 18.0 Å². The van der Waals surface area contributed by atoms with Crippen LogP contribution in [0.4, 0.5) is 23.4 Å². The van der Waals surface area contributed by atoms with Crippen molar-refractivity contribution in [2.45, 2.75) is 25.2 Å². The maximum absolute atomic E-state index is 13.7. The minimum absolute atomic E-state index is 0.0128. The van der Waals surface area contributed by atoms with Crippen molar-refractivity contribution in [3.05, 3.63) is 53.7 Å². The highest BCUT2D eigenvalue weighted by atomic mass is 19.4. The fraction of sp³-hybridized carbons (Fsp3) is 0.375. The van der Waals surface area contributed by atoms with Gasteiger partial charge in [-0.2, -0.15) is 13.2 Å². The van der Waals surface area contributed by atoms with Gasteiger partial charge in [0.25, 0.3) is 0 Å². The average Bonchev–Trinajstić information content (AvgIpc) is 3.01. The zero-order chi connectivity index (χ0) is 17.2. The Bertz CT molecular complexity index is 704. The molecule has 0 aliphatic carbocycles. The van der Waals surface area contributed by atoms with Gasteiger partial charge in [0.15, 0.2) is 11.6 Å². The normalized spacial score (nSPS) is 18.2. The van der Waals surface area contributed by atoms with Crippen molar-refractivity contribution in [3.63, 3.8) is 0 Å². The molecule has 24 heavy (non-hydrogen) atoms. The Kier molecular flexibility index (Phi) is 4.66. The Hall–Kier alpha value is -2.22. The SMILES string of the molecule is Fc1cccnc1N1CCC(NCc2ncccc2C(F)(F)F)C1. The summed E-state index contributed by atoms with van der Waals surface area (Å²) in [7, 11) is 0. The molecule has 2 aromatic heterocycles. The molecule has 0 amide bonds. The molecule has 8 heteroatoms. The lowest BCUT2D eigenvalue weighted by Crippen LogP contribution is -2.33. The third-order valence-corrected chi connectivity index (χ3v) is 3.98. The molecule has 0 aromatic carbocycles. The third kappa shape index (κ3) is 3.64. The Morgan fingerprint density at radius 1 is 1.17 bits per heavy atom. The number of rotatable bonds is 4. The number of nitrogens with one attached hydrogen (secondary N) is 1. The number of anilines is 1. The zero-order valence-corrected chi connectivity index (χ0v) is 12.7. The van der Waals surface area contributed by atoms with Gasteiger partial charge >= 0.3 is 6.18 Å². The molecular formula is C16H16F4N4. The minimum atomic E-state index is -4.43. The molecule has 4 nitrogen and oxygen atoms in total. The van der Waals surface area contributed by atoms with E-state index in [1.165, 1.54) is 30.6 Å². The van der Waals surface area contributed by atoms with Crippen molar-refractivity contribution in [1.29, 1.82) is 0 Å². The van der Waals surface area contributed by atoms with Crippen LogP contribution in [-0.2, 0) is 12.7 Å². The Morgan fingerprint density at radius 2 is 1.92 bits per heavy atom. The molecule has 1 fully saturated rings. The largest absolute Gasteiger partial charge is 0.418 e. The summed E-state index contributed by atoms with van der Waals surface area (Å²) in [5, 5.41) is 3.08. The van der Waals surface area contributed by atoms with Gasteiger partial charge < -0.3 is 10.2 Å². The molecule has 1 unspecified atom stereocenters. The number of hydrogen-bond acceptors (Lipinski definition) is 4. The Balaban J connectivity index is 1.63. The van der Waals surface area contributed by atoms with E-state index in [4.69, 9.17) is 0 Å². The van der Waals surface area contributed by atoms with Crippen molar-refractivity contribution >= 4 is 5.82 Å². The summed E-state index contributed by atoms with van der Waals surface area (Å²) in [5.74, 6) is -0.127. The van der Waals surface area contributed by atoms with Crippen LogP contribution in [-0.4, -0.2) is 29.1 Å². The van der Waals surface area contributed by atoms with Gasteiger partial charge in [-0.1, -0.05) is 0 Å². The van der Waals surface area contributed by atoms with Crippen LogP contribution in [0.1, 0.15) is 17.7 Å². The van der Waals surface area contributed by atoms with Crippen molar-refractivity contribution in [3.8, 4) is 0 Å². The van der Waals surface area contributed by atoms with Crippen LogP contribution in [0.15, 0.2) is 36.7 Å². The van der Waals surface area contributed by atoms with E-state index in [-0.39, 0.29) is 24.1 Å². The first-order valence-electron chi connectivity index (χ1n) is 7.55. The Labute approximate surface area is 136 Å². The van der Waals surface area contributed by atoms with Crippen LogP contribution in [0, 0.1) is 5.82 Å². The first kappa shape index (κ1) is 16.6. The van der Waals surface area contributed by atoms with E-state index in [1.807, 2.05) is 0 Å². The van der Waals surface area contributed by atoms with Gasteiger partial charge in [0.2, 0.25) is 0 Å². The van der Waals surface area contributed by atoms with Gasteiger partial charge in [0.05, 0.1) is 11.3 Å². The lowest BCUT2D eigenvalue weighted by molar-refractivity contribution is -0.138. The third-order valence-electron chi connectivity index (χ3n) is 3.98. The molecule has 1 aliphatic rings. The van der Waals surface area contributed by atoms with Gasteiger partial charge in [-0.3, -0.25) is 4.98 Å². The minimum Gasteiger partial charge on any atom is -0.353 e. The molecule has 3 heterocycles. The summed E-state index contributed by atoms with van der Waals surface area (Å²) < 4.78 is 52.6. The molecule has 128 valence electrons. The van der Waals surface area contributed by atoms with E-state index >= 15 is 0 Å². The van der Waals surface area contributed by atoms with E-state index in [2.05, 4.69) is 15.3 Å². The summed E-state index contributed by atoms with van der Waals surface area (Å²) >= 11 is 0. The van der Waals surface area contributed by atoms with Gasteiger partial charge in [0, 0.05) is 38.1 Å². The second-order valence-corrected chi connectivity index (χ2v) is 5.62. The van der Waals surface area contributed by atoms with Gasteiger partial charge in [-0.15, -0.1) is 0 Å². The summed E-state index contributed by atoms with van der Waals surface area (Å²) in [6.07, 6.45) is -0.868. The number of aromatic nitrogens is 2. The van der Waals surface area contributed by atoms with E-state index in [0.717, 1.165) is 6.07 Å². The Morgan fingerprint density at radius 3 is 2.67 bits per heavy atom. The van der Waals surface area contributed by atoms with E-state index < -0.39 is 17.6 Å².